The first-order valence-electron chi connectivity index (χ1n) is 7.78. The van der Waals surface area contributed by atoms with E-state index < -0.39 is 23.4 Å². The molecule has 25 heavy (non-hydrogen) atoms. The van der Waals surface area contributed by atoms with E-state index in [4.69, 9.17) is 21.1 Å². The highest BCUT2D eigenvalue weighted by atomic mass is 35.5. The van der Waals surface area contributed by atoms with Crippen LogP contribution in [-0.4, -0.2) is 29.2 Å². The van der Waals surface area contributed by atoms with Gasteiger partial charge in [-0.25, -0.2) is 9.59 Å². The van der Waals surface area contributed by atoms with Crippen molar-refractivity contribution in [2.24, 2.45) is 0 Å². The molecule has 1 aromatic rings. The number of benzene rings is 1. The lowest BCUT2D eigenvalue weighted by Crippen LogP contribution is -2.44. The average molecular weight is 370 g/mol. The van der Waals surface area contributed by atoms with Crippen LogP contribution in [0.3, 0.4) is 0 Å². The summed E-state index contributed by atoms with van der Waals surface area (Å²) in [6.07, 6.45) is -1.83. The summed E-state index contributed by atoms with van der Waals surface area (Å²) in [5.74, 6) is -0.186. The van der Waals surface area contributed by atoms with E-state index >= 15 is 0 Å². The minimum atomic E-state index is -0.917. The van der Waals surface area contributed by atoms with E-state index in [0.29, 0.717) is 5.56 Å². The molecule has 138 valence electrons. The van der Waals surface area contributed by atoms with Gasteiger partial charge in [-0.1, -0.05) is 11.6 Å². The number of anilines is 1. The number of hydrogen-bond acceptors (Lipinski definition) is 5. The number of Topliss-reactive ketones (excluding diaryl/α,β-unsaturated/α-hetero) is 1. The zero-order valence-corrected chi connectivity index (χ0v) is 16.4. The molecule has 0 aliphatic carbocycles. The second kappa shape index (κ2) is 7.44. The number of imide groups is 1. The van der Waals surface area contributed by atoms with Crippen LogP contribution < -0.4 is 4.90 Å². The summed E-state index contributed by atoms with van der Waals surface area (Å²) in [6, 6.07) is 4.28. The first kappa shape index (κ1) is 21.0. The second-order valence-corrected chi connectivity index (χ2v) is 7.93. The van der Waals surface area contributed by atoms with Gasteiger partial charge in [0.25, 0.3) is 0 Å². The zero-order chi connectivity index (χ0) is 19.6. The van der Waals surface area contributed by atoms with Gasteiger partial charge >= 0.3 is 12.2 Å². The number of ether oxygens (including phenoxy) is 2. The molecular weight excluding hydrogens is 346 g/mol. The molecule has 0 aromatic heterocycles. The number of ketones is 1. The van der Waals surface area contributed by atoms with Crippen molar-refractivity contribution in [1.29, 1.82) is 0 Å². The highest BCUT2D eigenvalue weighted by Gasteiger charge is 2.33. The summed E-state index contributed by atoms with van der Waals surface area (Å²) in [5, 5.41) is 0.0596. The largest absolute Gasteiger partial charge is 0.443 e. The molecule has 0 radical (unpaired) electrons. The van der Waals surface area contributed by atoms with Crippen LogP contribution in [0.4, 0.5) is 15.3 Å². The highest BCUT2D eigenvalue weighted by molar-refractivity contribution is 6.35. The van der Waals surface area contributed by atoms with E-state index in [9.17, 15) is 14.4 Å². The average Bonchev–Trinajstić information content (AvgIpc) is 2.36. The Morgan fingerprint density at radius 3 is 1.68 bits per heavy atom. The Morgan fingerprint density at radius 1 is 0.920 bits per heavy atom. The maximum absolute atomic E-state index is 12.5. The molecule has 0 fully saturated rings. The first-order valence-corrected chi connectivity index (χ1v) is 8.15. The van der Waals surface area contributed by atoms with Gasteiger partial charge in [-0.2, -0.15) is 4.90 Å². The molecule has 0 N–H and O–H groups in total. The fraction of sp³-hybridized carbons (Fsp3) is 0.500. The van der Waals surface area contributed by atoms with Gasteiger partial charge < -0.3 is 9.47 Å². The van der Waals surface area contributed by atoms with Crippen LogP contribution in [0.2, 0.25) is 5.02 Å². The molecule has 7 heteroatoms. The van der Waals surface area contributed by atoms with Crippen molar-refractivity contribution < 1.29 is 23.9 Å². The fourth-order valence-corrected chi connectivity index (χ4v) is 2.06. The summed E-state index contributed by atoms with van der Waals surface area (Å²) >= 11 is 6.19. The maximum atomic E-state index is 12.5. The van der Waals surface area contributed by atoms with Crippen molar-refractivity contribution in [3.05, 3.63) is 28.8 Å². The van der Waals surface area contributed by atoms with Crippen LogP contribution in [0.25, 0.3) is 0 Å². The molecule has 0 aliphatic rings. The third-order valence-electron chi connectivity index (χ3n) is 2.75. The number of halogens is 1. The Bertz CT molecular complexity index is 658. The molecule has 6 nitrogen and oxygen atoms in total. The van der Waals surface area contributed by atoms with Gasteiger partial charge in [-0.05, 0) is 66.7 Å². The minimum Gasteiger partial charge on any atom is -0.443 e. The highest BCUT2D eigenvalue weighted by Crippen LogP contribution is 2.30. The van der Waals surface area contributed by atoms with Gasteiger partial charge in [-0.3, -0.25) is 4.79 Å². The van der Waals surface area contributed by atoms with E-state index in [-0.39, 0.29) is 16.5 Å². The standard InChI is InChI=1S/C18H24ClNO5/c1-11(21)12-8-9-14(13(19)10-12)20(15(22)24-17(2,3)4)16(23)25-18(5,6)7/h8-10H,1-7H3. The summed E-state index contributed by atoms with van der Waals surface area (Å²) in [7, 11) is 0. The molecule has 0 bridgehead atoms. The normalized spacial score (nSPS) is 11.7. The smallest absolute Gasteiger partial charge is 0.424 e. The SMILES string of the molecule is CC(=O)c1ccc(N(C(=O)OC(C)(C)C)C(=O)OC(C)(C)C)c(Cl)c1. The lowest BCUT2D eigenvalue weighted by molar-refractivity contribution is 0.0430. The topological polar surface area (TPSA) is 72.9 Å². The monoisotopic (exact) mass is 369 g/mol. The lowest BCUT2D eigenvalue weighted by atomic mass is 10.1. The van der Waals surface area contributed by atoms with Crippen molar-refractivity contribution in [2.45, 2.75) is 59.7 Å². The van der Waals surface area contributed by atoms with Crippen LogP contribution >= 0.6 is 11.6 Å². The van der Waals surface area contributed by atoms with Crippen LogP contribution in [0.1, 0.15) is 58.8 Å². The third kappa shape index (κ3) is 6.38. The van der Waals surface area contributed by atoms with Crippen LogP contribution in [0.5, 0.6) is 0 Å². The van der Waals surface area contributed by atoms with E-state index in [1.807, 2.05) is 0 Å². The zero-order valence-electron chi connectivity index (χ0n) is 15.6. The fourth-order valence-electron chi connectivity index (χ4n) is 1.79. The second-order valence-electron chi connectivity index (χ2n) is 7.52. The number of amides is 2. The predicted octanol–water partition coefficient (Wildman–Crippen LogP) is 5.22. The quantitative estimate of drug-likeness (QED) is 0.668. The van der Waals surface area contributed by atoms with Crippen molar-refractivity contribution >= 4 is 35.3 Å². The Balaban J connectivity index is 3.33. The molecule has 1 rings (SSSR count). The number of nitrogens with zero attached hydrogens (tertiary/aromatic N) is 1. The van der Waals surface area contributed by atoms with Crippen molar-refractivity contribution in [2.75, 3.05) is 4.90 Å². The Morgan fingerprint density at radius 2 is 1.36 bits per heavy atom. The van der Waals surface area contributed by atoms with Gasteiger partial charge in [0.2, 0.25) is 0 Å². The molecule has 0 aliphatic heterocycles. The third-order valence-corrected chi connectivity index (χ3v) is 3.05. The van der Waals surface area contributed by atoms with E-state index in [2.05, 4.69) is 0 Å². The molecule has 0 atom stereocenters. The molecule has 0 spiro atoms. The van der Waals surface area contributed by atoms with Gasteiger partial charge in [0.15, 0.2) is 5.78 Å². The summed E-state index contributed by atoms with van der Waals surface area (Å²) in [5.41, 5.74) is -1.19. The molecule has 0 saturated heterocycles. The Hall–Kier alpha value is -2.08. The van der Waals surface area contributed by atoms with E-state index in [0.717, 1.165) is 4.90 Å². The minimum absolute atomic E-state index is 0.0596. The molecule has 1 aromatic carbocycles. The first-order chi connectivity index (χ1) is 11.2. The van der Waals surface area contributed by atoms with Gasteiger partial charge in [-0.15, -0.1) is 0 Å². The predicted molar refractivity (Wildman–Crippen MR) is 96.4 cm³/mol. The van der Waals surface area contributed by atoms with Crippen molar-refractivity contribution in [3.8, 4) is 0 Å². The van der Waals surface area contributed by atoms with Crippen molar-refractivity contribution in [3.63, 3.8) is 0 Å². The number of hydrogen-bond donors (Lipinski definition) is 0. The molecular formula is C18H24ClNO5. The number of carbonyl (C=O) groups is 3. The van der Waals surface area contributed by atoms with E-state index in [1.165, 1.54) is 25.1 Å². The van der Waals surface area contributed by atoms with Crippen LogP contribution in [0, 0.1) is 0 Å². The van der Waals surface area contributed by atoms with Crippen LogP contribution in [0.15, 0.2) is 18.2 Å². The Kier molecular flexibility index (Phi) is 6.23. The Labute approximate surface area is 153 Å². The van der Waals surface area contributed by atoms with Crippen molar-refractivity contribution in [1.82, 2.24) is 0 Å². The van der Waals surface area contributed by atoms with Gasteiger partial charge in [0.1, 0.15) is 11.2 Å². The maximum Gasteiger partial charge on any atom is 0.424 e. The summed E-state index contributed by atoms with van der Waals surface area (Å²) < 4.78 is 10.6. The molecule has 0 unspecified atom stereocenters. The number of rotatable bonds is 2. The molecule has 0 heterocycles. The summed E-state index contributed by atoms with van der Waals surface area (Å²) in [4.78, 5) is 37.3. The number of carbonyl (C=O) groups excluding carboxylic acids is 3. The molecule has 0 saturated carbocycles. The van der Waals surface area contributed by atoms with E-state index in [1.54, 1.807) is 41.5 Å². The van der Waals surface area contributed by atoms with Gasteiger partial charge in [0.05, 0.1) is 10.7 Å². The van der Waals surface area contributed by atoms with Crippen LogP contribution in [-0.2, 0) is 9.47 Å². The summed E-state index contributed by atoms with van der Waals surface area (Å²) in [6.45, 7) is 11.5. The van der Waals surface area contributed by atoms with Gasteiger partial charge in [0, 0.05) is 5.56 Å². The lowest BCUT2D eigenvalue weighted by Gasteiger charge is -2.29. The molecule has 2 amide bonds.